The standard InChI is InChI=1S/C12H11NO4/c1-8(7-13)17-12(14)9-2-3-10-11(6-9)16-5-4-15-10/h2-3,6,8H,4-5H2,1H3/t8-/m0/s1. The van der Waals surface area contributed by atoms with Gasteiger partial charge < -0.3 is 14.2 Å². The van der Waals surface area contributed by atoms with Crippen molar-refractivity contribution in [3.63, 3.8) is 0 Å². The van der Waals surface area contributed by atoms with Crippen LogP contribution in [0.3, 0.4) is 0 Å². The second-order valence-corrected chi connectivity index (χ2v) is 3.54. The van der Waals surface area contributed by atoms with E-state index in [2.05, 4.69) is 0 Å². The zero-order valence-electron chi connectivity index (χ0n) is 9.30. The minimum Gasteiger partial charge on any atom is -0.486 e. The Labute approximate surface area is 98.5 Å². The van der Waals surface area contributed by atoms with Crippen LogP contribution in [0, 0.1) is 11.3 Å². The van der Waals surface area contributed by atoms with Crippen LogP contribution in [0.2, 0.25) is 0 Å². The lowest BCUT2D eigenvalue weighted by Crippen LogP contribution is -2.17. The molecular formula is C12H11NO4. The number of fused-ring (bicyclic) bond motifs is 1. The smallest absolute Gasteiger partial charge is 0.339 e. The number of ether oxygens (including phenoxy) is 3. The lowest BCUT2D eigenvalue weighted by molar-refractivity contribution is 0.0434. The molecule has 0 radical (unpaired) electrons. The van der Waals surface area contributed by atoms with Gasteiger partial charge in [-0.3, -0.25) is 0 Å². The number of carbonyl (C=O) groups is 1. The molecule has 0 bridgehead atoms. The number of carbonyl (C=O) groups excluding carboxylic acids is 1. The third kappa shape index (κ3) is 2.48. The first-order chi connectivity index (χ1) is 8.20. The maximum atomic E-state index is 11.6. The Bertz CT molecular complexity index is 478. The molecule has 0 aromatic heterocycles. The van der Waals surface area contributed by atoms with Gasteiger partial charge in [0.05, 0.1) is 5.56 Å². The van der Waals surface area contributed by atoms with Crippen LogP contribution in [0.5, 0.6) is 11.5 Å². The Morgan fingerprint density at radius 2 is 2.12 bits per heavy atom. The molecule has 0 unspecified atom stereocenters. The highest BCUT2D eigenvalue weighted by molar-refractivity contribution is 5.90. The second-order valence-electron chi connectivity index (χ2n) is 3.54. The van der Waals surface area contributed by atoms with Gasteiger partial charge in [-0.05, 0) is 25.1 Å². The molecule has 0 spiro atoms. The number of hydrogen-bond acceptors (Lipinski definition) is 5. The monoisotopic (exact) mass is 233 g/mol. The summed E-state index contributed by atoms with van der Waals surface area (Å²) in [7, 11) is 0. The van der Waals surface area contributed by atoms with Gasteiger partial charge in [-0.2, -0.15) is 5.26 Å². The fraction of sp³-hybridized carbons (Fsp3) is 0.333. The summed E-state index contributed by atoms with van der Waals surface area (Å²) in [6.45, 7) is 2.47. The van der Waals surface area contributed by atoms with E-state index in [1.165, 1.54) is 6.92 Å². The van der Waals surface area contributed by atoms with E-state index in [4.69, 9.17) is 19.5 Å². The van der Waals surface area contributed by atoms with Crippen molar-refractivity contribution in [1.82, 2.24) is 0 Å². The van der Waals surface area contributed by atoms with Gasteiger partial charge in [-0.1, -0.05) is 0 Å². The predicted molar refractivity (Wildman–Crippen MR) is 57.9 cm³/mol. The molecule has 1 heterocycles. The van der Waals surface area contributed by atoms with E-state index in [0.29, 0.717) is 30.3 Å². The van der Waals surface area contributed by atoms with Gasteiger partial charge in [-0.15, -0.1) is 0 Å². The molecule has 0 amide bonds. The maximum Gasteiger partial charge on any atom is 0.339 e. The molecule has 1 aliphatic rings. The fourth-order valence-electron chi connectivity index (χ4n) is 1.43. The van der Waals surface area contributed by atoms with Crippen molar-refractivity contribution in [3.05, 3.63) is 23.8 Å². The Kier molecular flexibility index (Phi) is 3.15. The van der Waals surface area contributed by atoms with Crippen LogP contribution in [-0.4, -0.2) is 25.3 Å². The Morgan fingerprint density at radius 1 is 1.41 bits per heavy atom. The van der Waals surface area contributed by atoms with Crippen molar-refractivity contribution in [2.24, 2.45) is 0 Å². The van der Waals surface area contributed by atoms with E-state index in [9.17, 15) is 4.79 Å². The molecule has 0 saturated carbocycles. The summed E-state index contributed by atoms with van der Waals surface area (Å²) >= 11 is 0. The fourth-order valence-corrected chi connectivity index (χ4v) is 1.43. The lowest BCUT2D eigenvalue weighted by atomic mass is 10.2. The van der Waals surface area contributed by atoms with E-state index >= 15 is 0 Å². The second kappa shape index (κ2) is 4.74. The first-order valence-corrected chi connectivity index (χ1v) is 5.21. The molecule has 2 rings (SSSR count). The van der Waals surface area contributed by atoms with Crippen LogP contribution in [0.15, 0.2) is 18.2 Å². The lowest BCUT2D eigenvalue weighted by Gasteiger charge is -2.18. The predicted octanol–water partition coefficient (Wildman–Crippen LogP) is 1.53. The van der Waals surface area contributed by atoms with Crippen LogP contribution in [0.25, 0.3) is 0 Å². The highest BCUT2D eigenvalue weighted by atomic mass is 16.6. The molecule has 5 heteroatoms. The highest BCUT2D eigenvalue weighted by Gasteiger charge is 2.17. The molecule has 0 aliphatic carbocycles. The topological polar surface area (TPSA) is 68.5 Å². The minimum absolute atomic E-state index is 0.344. The molecule has 1 aromatic rings. The van der Waals surface area contributed by atoms with E-state index in [1.54, 1.807) is 18.2 Å². The zero-order chi connectivity index (χ0) is 12.3. The third-order valence-corrected chi connectivity index (χ3v) is 2.24. The number of nitriles is 1. The van der Waals surface area contributed by atoms with Crippen LogP contribution < -0.4 is 9.47 Å². The minimum atomic E-state index is -0.768. The van der Waals surface area contributed by atoms with Gasteiger partial charge in [-0.25, -0.2) is 4.79 Å². The van der Waals surface area contributed by atoms with E-state index in [0.717, 1.165) is 0 Å². The summed E-state index contributed by atoms with van der Waals surface area (Å²) in [4.78, 5) is 11.6. The number of hydrogen-bond donors (Lipinski definition) is 0. The number of nitrogens with zero attached hydrogens (tertiary/aromatic N) is 1. The summed E-state index contributed by atoms with van der Waals surface area (Å²) < 4.78 is 15.6. The molecule has 0 fully saturated rings. The summed E-state index contributed by atoms with van der Waals surface area (Å²) in [6, 6.07) is 6.62. The molecule has 5 nitrogen and oxygen atoms in total. The number of rotatable bonds is 2. The van der Waals surface area contributed by atoms with Crippen molar-refractivity contribution in [2.75, 3.05) is 13.2 Å². The molecule has 1 atom stereocenters. The van der Waals surface area contributed by atoms with Gasteiger partial charge in [0.1, 0.15) is 19.3 Å². The van der Waals surface area contributed by atoms with Crippen LogP contribution >= 0.6 is 0 Å². The molecule has 88 valence electrons. The van der Waals surface area contributed by atoms with Crippen molar-refractivity contribution in [1.29, 1.82) is 5.26 Å². The van der Waals surface area contributed by atoms with Crippen molar-refractivity contribution < 1.29 is 19.0 Å². The maximum absolute atomic E-state index is 11.6. The van der Waals surface area contributed by atoms with Gasteiger partial charge in [0.25, 0.3) is 0 Å². The third-order valence-electron chi connectivity index (χ3n) is 2.24. The average Bonchev–Trinajstić information content (AvgIpc) is 2.38. The number of benzene rings is 1. The van der Waals surface area contributed by atoms with Crippen LogP contribution in [-0.2, 0) is 4.74 Å². The summed E-state index contributed by atoms with van der Waals surface area (Å²) in [6.07, 6.45) is -0.768. The zero-order valence-corrected chi connectivity index (χ0v) is 9.30. The first kappa shape index (κ1) is 11.3. The van der Waals surface area contributed by atoms with Gasteiger partial charge >= 0.3 is 5.97 Å². The number of esters is 1. The molecule has 1 aliphatic heterocycles. The highest BCUT2D eigenvalue weighted by Crippen LogP contribution is 2.30. The summed E-state index contributed by atoms with van der Waals surface area (Å²) in [5.41, 5.74) is 0.344. The average molecular weight is 233 g/mol. The van der Waals surface area contributed by atoms with Crippen molar-refractivity contribution in [2.45, 2.75) is 13.0 Å². The van der Waals surface area contributed by atoms with Gasteiger partial charge in [0.2, 0.25) is 0 Å². The van der Waals surface area contributed by atoms with Crippen molar-refractivity contribution >= 4 is 5.97 Å². The largest absolute Gasteiger partial charge is 0.486 e. The molecule has 1 aromatic carbocycles. The Balaban J connectivity index is 2.17. The molecule has 0 saturated heterocycles. The van der Waals surface area contributed by atoms with Crippen LogP contribution in [0.1, 0.15) is 17.3 Å². The first-order valence-electron chi connectivity index (χ1n) is 5.21. The van der Waals surface area contributed by atoms with Crippen LogP contribution in [0.4, 0.5) is 0 Å². The molecule has 0 N–H and O–H groups in total. The molecule has 17 heavy (non-hydrogen) atoms. The molecular weight excluding hydrogens is 222 g/mol. The normalized spacial score (nSPS) is 14.6. The Hall–Kier alpha value is -2.22. The van der Waals surface area contributed by atoms with E-state index in [1.807, 2.05) is 6.07 Å². The summed E-state index contributed by atoms with van der Waals surface area (Å²) in [5.74, 6) is 0.590. The van der Waals surface area contributed by atoms with E-state index in [-0.39, 0.29) is 0 Å². The van der Waals surface area contributed by atoms with E-state index < -0.39 is 12.1 Å². The van der Waals surface area contributed by atoms with Gasteiger partial charge in [0, 0.05) is 0 Å². The quantitative estimate of drug-likeness (QED) is 0.724. The SMILES string of the molecule is C[C@@H](C#N)OC(=O)c1ccc2c(c1)OCCO2. The van der Waals surface area contributed by atoms with Gasteiger partial charge in [0.15, 0.2) is 17.6 Å². The Morgan fingerprint density at radius 3 is 2.82 bits per heavy atom. The van der Waals surface area contributed by atoms with Crippen molar-refractivity contribution in [3.8, 4) is 17.6 Å². The summed E-state index contributed by atoms with van der Waals surface area (Å²) in [5, 5.41) is 8.55.